The van der Waals surface area contributed by atoms with E-state index in [4.69, 9.17) is 0 Å². The fourth-order valence-corrected chi connectivity index (χ4v) is 4.12. The number of rotatable bonds is 1. The van der Waals surface area contributed by atoms with Gasteiger partial charge in [-0.3, -0.25) is 4.99 Å². The Balaban J connectivity index is 0.00000120. The van der Waals surface area contributed by atoms with E-state index in [0.717, 1.165) is 0 Å². The molecule has 1 atom stereocenters. The molecule has 0 bridgehead atoms. The van der Waals surface area contributed by atoms with Crippen molar-refractivity contribution < 1.29 is 0 Å². The lowest BCUT2D eigenvalue weighted by Crippen LogP contribution is -2.12. The Morgan fingerprint density at radius 3 is 2.83 bits per heavy atom. The van der Waals surface area contributed by atoms with Gasteiger partial charge in [0.15, 0.2) is 0 Å². The highest BCUT2D eigenvalue weighted by molar-refractivity contribution is 9.10. The van der Waals surface area contributed by atoms with Gasteiger partial charge < -0.3 is 5.32 Å². The molecule has 2 heterocycles. The molecule has 0 fully saturated rings. The van der Waals surface area contributed by atoms with E-state index in [9.17, 15) is 0 Å². The van der Waals surface area contributed by atoms with Crippen LogP contribution in [0.3, 0.4) is 0 Å². The molecule has 94 valence electrons. The Kier molecular flexibility index (Phi) is 4.10. The number of hydrogen-bond acceptors (Lipinski definition) is 3. The van der Waals surface area contributed by atoms with Gasteiger partial charge in [0.2, 0.25) is 0 Å². The Labute approximate surface area is 124 Å². The van der Waals surface area contributed by atoms with Crippen LogP contribution in [0.25, 0.3) is 10.1 Å². The lowest BCUT2D eigenvalue weighted by Gasteiger charge is -2.15. The monoisotopic (exact) mass is 342 g/mol. The number of halogens is 2. The van der Waals surface area contributed by atoms with Crippen LogP contribution in [0.1, 0.15) is 17.8 Å². The van der Waals surface area contributed by atoms with Crippen LogP contribution in [0, 0.1) is 0 Å². The van der Waals surface area contributed by atoms with Crippen molar-refractivity contribution in [3.8, 4) is 0 Å². The third-order valence-corrected chi connectivity index (χ3v) is 5.19. The summed E-state index contributed by atoms with van der Waals surface area (Å²) in [5.74, 6) is 0. The summed E-state index contributed by atoms with van der Waals surface area (Å²) in [5.41, 5.74) is 1.24. The maximum absolute atomic E-state index is 4.51. The lowest BCUT2D eigenvalue weighted by atomic mass is 10.1. The van der Waals surface area contributed by atoms with Gasteiger partial charge in [0.25, 0.3) is 0 Å². The summed E-state index contributed by atoms with van der Waals surface area (Å²) in [7, 11) is 0. The summed E-state index contributed by atoms with van der Waals surface area (Å²) in [6, 6.07) is 8.58. The topological polar surface area (TPSA) is 24.4 Å². The van der Waals surface area contributed by atoms with E-state index < -0.39 is 0 Å². The fraction of sp³-hybridized carbons (Fsp3) is 0.154. The van der Waals surface area contributed by atoms with E-state index in [1.54, 1.807) is 17.7 Å². The van der Waals surface area contributed by atoms with Crippen molar-refractivity contribution >= 4 is 56.1 Å². The zero-order valence-electron chi connectivity index (χ0n) is 9.68. The first-order chi connectivity index (χ1) is 8.27. The minimum Gasteiger partial charge on any atom is -0.353 e. The molecule has 0 amide bonds. The molecule has 0 saturated heterocycles. The molecule has 1 aromatic heterocycles. The predicted octanol–water partition coefficient (Wildman–Crippen LogP) is 4.66. The van der Waals surface area contributed by atoms with Crippen molar-refractivity contribution in [1.29, 1.82) is 0 Å². The fourth-order valence-electron chi connectivity index (χ4n) is 1.97. The van der Waals surface area contributed by atoms with Crippen molar-refractivity contribution in [1.82, 2.24) is 5.32 Å². The third kappa shape index (κ3) is 2.20. The molecule has 5 heteroatoms. The summed E-state index contributed by atoms with van der Waals surface area (Å²) in [5, 5.41) is 4.30. The maximum Gasteiger partial charge on any atom is 0.109 e. The third-order valence-electron chi connectivity index (χ3n) is 2.85. The van der Waals surface area contributed by atoms with Crippen LogP contribution >= 0.6 is 39.7 Å². The standard InChI is InChI=1S/C13H11BrN2S.ClH/c1-8-6-15-7-16-12(8)13-11(14)9-4-2-3-5-10(9)17-13;/h2-7,12H,1H3,(H,15,16);1H. The normalized spacial score (nSPS) is 18.1. The summed E-state index contributed by atoms with van der Waals surface area (Å²) in [6.07, 6.45) is 3.77. The zero-order valence-corrected chi connectivity index (χ0v) is 12.9. The molecule has 3 rings (SSSR count). The molecule has 1 unspecified atom stereocenters. The number of benzene rings is 1. The van der Waals surface area contributed by atoms with Gasteiger partial charge in [0, 0.05) is 25.6 Å². The second-order valence-electron chi connectivity index (χ2n) is 4.01. The second kappa shape index (κ2) is 5.43. The second-order valence-corrected chi connectivity index (χ2v) is 5.89. The number of nitrogens with one attached hydrogen (secondary N) is 1. The first-order valence-corrected chi connectivity index (χ1v) is 6.99. The number of thiophene rings is 1. The van der Waals surface area contributed by atoms with Gasteiger partial charge in [-0.25, -0.2) is 0 Å². The van der Waals surface area contributed by atoms with Gasteiger partial charge in [0.05, 0.1) is 6.34 Å². The van der Waals surface area contributed by atoms with E-state index in [0.29, 0.717) is 0 Å². The van der Waals surface area contributed by atoms with Crippen molar-refractivity contribution in [2.75, 3.05) is 0 Å². The average Bonchev–Trinajstić information content (AvgIpc) is 2.68. The van der Waals surface area contributed by atoms with Crippen LogP contribution in [-0.2, 0) is 0 Å². The molecule has 1 aromatic carbocycles. The van der Waals surface area contributed by atoms with Crippen molar-refractivity contribution in [3.63, 3.8) is 0 Å². The molecule has 2 nitrogen and oxygen atoms in total. The number of nitrogens with zero attached hydrogens (tertiary/aromatic N) is 1. The molecule has 1 N–H and O–H groups in total. The molecule has 0 saturated carbocycles. The number of fused-ring (bicyclic) bond motifs is 1. The molecule has 2 aromatic rings. The van der Waals surface area contributed by atoms with Crippen LogP contribution in [-0.4, -0.2) is 6.34 Å². The highest BCUT2D eigenvalue weighted by Crippen LogP contribution is 2.42. The van der Waals surface area contributed by atoms with E-state index >= 15 is 0 Å². The van der Waals surface area contributed by atoms with Crippen molar-refractivity contribution in [3.05, 3.63) is 45.4 Å². The molecule has 1 aliphatic rings. The number of hydrogen-bond donors (Lipinski definition) is 1. The quantitative estimate of drug-likeness (QED) is 0.800. The van der Waals surface area contributed by atoms with Gasteiger partial charge in [-0.1, -0.05) is 18.2 Å². The molecule has 0 spiro atoms. The Morgan fingerprint density at radius 1 is 1.33 bits per heavy atom. The average molecular weight is 344 g/mol. The molecule has 1 aliphatic heterocycles. The molecule has 18 heavy (non-hydrogen) atoms. The first kappa shape index (κ1) is 13.6. The molecular formula is C13H12BrClN2S. The Bertz CT molecular complexity index is 633. The summed E-state index contributed by atoms with van der Waals surface area (Å²) in [4.78, 5) is 5.79. The van der Waals surface area contributed by atoms with Gasteiger partial charge in [-0.2, -0.15) is 0 Å². The van der Waals surface area contributed by atoms with Crippen LogP contribution in [0.2, 0.25) is 0 Å². The van der Waals surface area contributed by atoms with Crippen molar-refractivity contribution in [2.45, 2.75) is 13.0 Å². The van der Waals surface area contributed by atoms with Crippen LogP contribution < -0.4 is 5.32 Å². The van der Waals surface area contributed by atoms with Gasteiger partial charge >= 0.3 is 0 Å². The maximum atomic E-state index is 4.51. The number of aliphatic imine (C=N–C) groups is 1. The lowest BCUT2D eigenvalue weighted by molar-refractivity contribution is 0.834. The molecule has 0 aliphatic carbocycles. The van der Waals surface area contributed by atoms with Crippen LogP contribution in [0.4, 0.5) is 0 Å². The van der Waals surface area contributed by atoms with Gasteiger partial charge in [-0.05, 0) is 34.5 Å². The minimum atomic E-state index is 0. The Hall–Kier alpha value is -0.840. The molecule has 0 radical (unpaired) electrons. The largest absolute Gasteiger partial charge is 0.353 e. The highest BCUT2D eigenvalue weighted by Gasteiger charge is 2.20. The van der Waals surface area contributed by atoms with E-state index in [2.05, 4.69) is 57.4 Å². The first-order valence-electron chi connectivity index (χ1n) is 5.38. The van der Waals surface area contributed by atoms with Crippen molar-refractivity contribution in [2.24, 2.45) is 4.99 Å². The van der Waals surface area contributed by atoms with Crippen LogP contribution in [0.5, 0.6) is 0 Å². The minimum absolute atomic E-state index is 0. The van der Waals surface area contributed by atoms with E-state index in [1.807, 2.05) is 6.20 Å². The highest BCUT2D eigenvalue weighted by atomic mass is 79.9. The summed E-state index contributed by atoms with van der Waals surface area (Å²) in [6.45, 7) is 2.10. The molecular weight excluding hydrogens is 332 g/mol. The van der Waals surface area contributed by atoms with Gasteiger partial charge in [-0.15, -0.1) is 23.7 Å². The summed E-state index contributed by atoms with van der Waals surface area (Å²) >= 11 is 5.51. The van der Waals surface area contributed by atoms with E-state index in [1.165, 1.54) is 25.0 Å². The summed E-state index contributed by atoms with van der Waals surface area (Å²) < 4.78 is 2.48. The van der Waals surface area contributed by atoms with E-state index in [-0.39, 0.29) is 18.4 Å². The zero-order chi connectivity index (χ0) is 11.8. The SMILES string of the molecule is CC1=CNC=NC1c1sc2ccccc2c1Br.Cl. The van der Waals surface area contributed by atoms with Crippen LogP contribution in [0.15, 0.2) is 45.5 Å². The van der Waals surface area contributed by atoms with Gasteiger partial charge in [0.1, 0.15) is 6.04 Å². The smallest absolute Gasteiger partial charge is 0.109 e. The predicted molar refractivity (Wildman–Crippen MR) is 84.9 cm³/mol. The Morgan fingerprint density at radius 2 is 2.11 bits per heavy atom.